The summed E-state index contributed by atoms with van der Waals surface area (Å²) in [5.41, 5.74) is 5.43. The molecule has 0 aliphatic heterocycles. The van der Waals surface area contributed by atoms with Gasteiger partial charge in [-0.25, -0.2) is 4.68 Å². The van der Waals surface area contributed by atoms with Crippen LogP contribution in [-0.4, -0.2) is 44.5 Å². The summed E-state index contributed by atoms with van der Waals surface area (Å²) in [4.78, 5) is 11.4. The molecule has 0 atom stereocenters. The van der Waals surface area contributed by atoms with Crippen LogP contribution < -0.4 is 11.1 Å². The third kappa shape index (κ3) is 5.14. The molecule has 0 bridgehead atoms. The molecule has 0 fully saturated rings. The van der Waals surface area contributed by atoms with Gasteiger partial charge >= 0.3 is 0 Å². The number of nitrogens with two attached hydrogens (primary N) is 1. The van der Waals surface area contributed by atoms with Gasteiger partial charge in [-0.05, 0) is 24.3 Å². The van der Waals surface area contributed by atoms with E-state index in [1.165, 1.54) is 11.8 Å². The lowest BCUT2D eigenvalue weighted by Crippen LogP contribution is -2.30. The Labute approximate surface area is 105 Å². The lowest BCUT2D eigenvalue weighted by atomic mass is 10.3. The van der Waals surface area contributed by atoms with E-state index in [-0.39, 0.29) is 11.9 Å². The van der Waals surface area contributed by atoms with Crippen LogP contribution in [0.1, 0.15) is 20.3 Å². The smallest absolute Gasteiger partial charge is 0.221 e. The van der Waals surface area contributed by atoms with Crippen molar-refractivity contribution < 1.29 is 4.79 Å². The van der Waals surface area contributed by atoms with Crippen molar-refractivity contribution >= 4 is 17.7 Å². The molecule has 7 nitrogen and oxygen atoms in total. The number of hydrogen-bond acceptors (Lipinski definition) is 6. The lowest BCUT2D eigenvalue weighted by molar-refractivity contribution is -0.121. The lowest BCUT2D eigenvalue weighted by Gasteiger charge is -2.07. The first kappa shape index (κ1) is 13.9. The van der Waals surface area contributed by atoms with E-state index in [0.717, 1.165) is 0 Å². The van der Waals surface area contributed by atoms with Crippen LogP contribution in [0.15, 0.2) is 5.16 Å². The second kappa shape index (κ2) is 7.23. The van der Waals surface area contributed by atoms with Crippen LogP contribution in [-0.2, 0) is 11.3 Å². The van der Waals surface area contributed by atoms with E-state index < -0.39 is 0 Å². The predicted octanol–water partition coefficient (Wildman–Crippen LogP) is -0.361. The molecular formula is C9H18N6OS. The second-order valence-electron chi connectivity index (χ2n) is 3.79. The maximum absolute atomic E-state index is 11.4. The first-order valence-electron chi connectivity index (χ1n) is 5.52. The van der Waals surface area contributed by atoms with E-state index in [4.69, 9.17) is 5.73 Å². The van der Waals surface area contributed by atoms with E-state index in [1.54, 1.807) is 4.68 Å². The highest BCUT2D eigenvalue weighted by Crippen LogP contribution is 2.14. The Hall–Kier alpha value is -1.15. The molecule has 1 amide bonds. The minimum Gasteiger partial charge on any atom is -0.354 e. The molecule has 0 aromatic carbocycles. The molecule has 1 rings (SSSR count). The van der Waals surface area contributed by atoms with Gasteiger partial charge in [-0.1, -0.05) is 11.8 Å². The summed E-state index contributed by atoms with van der Waals surface area (Å²) in [5.74, 6) is 0.703. The maximum atomic E-state index is 11.4. The van der Waals surface area contributed by atoms with Crippen LogP contribution in [0.5, 0.6) is 0 Å². The fourth-order valence-corrected chi connectivity index (χ4v) is 2.03. The van der Waals surface area contributed by atoms with Crippen molar-refractivity contribution in [2.75, 3.05) is 12.3 Å². The Bertz CT molecular complexity index is 353. The van der Waals surface area contributed by atoms with Crippen LogP contribution in [0.2, 0.25) is 0 Å². The minimum atomic E-state index is 0.0466. The number of nitrogens with zero attached hydrogens (tertiary/aromatic N) is 4. The molecular weight excluding hydrogens is 240 g/mol. The number of carbonyl (C=O) groups is 1. The molecule has 3 N–H and O–H groups in total. The van der Waals surface area contributed by atoms with Crippen LogP contribution in [0.3, 0.4) is 0 Å². The third-order valence-corrected chi connectivity index (χ3v) is 2.81. The highest BCUT2D eigenvalue weighted by Gasteiger charge is 2.08. The van der Waals surface area contributed by atoms with Crippen LogP contribution in [0, 0.1) is 0 Å². The Morgan fingerprint density at radius 1 is 1.59 bits per heavy atom. The maximum Gasteiger partial charge on any atom is 0.221 e. The van der Waals surface area contributed by atoms with Crippen molar-refractivity contribution in [2.24, 2.45) is 5.73 Å². The van der Waals surface area contributed by atoms with Crippen molar-refractivity contribution in [3.63, 3.8) is 0 Å². The number of rotatable bonds is 7. The van der Waals surface area contributed by atoms with Crippen molar-refractivity contribution in [2.45, 2.75) is 38.0 Å². The Morgan fingerprint density at radius 2 is 2.35 bits per heavy atom. The Kier molecular flexibility index (Phi) is 5.92. The summed E-state index contributed by atoms with van der Waals surface area (Å²) < 4.78 is 1.64. The largest absolute Gasteiger partial charge is 0.354 e. The average Bonchev–Trinajstić information content (AvgIpc) is 2.65. The van der Waals surface area contributed by atoms with Crippen LogP contribution in [0.25, 0.3) is 0 Å². The van der Waals surface area contributed by atoms with Gasteiger partial charge in [0.2, 0.25) is 11.1 Å². The molecule has 1 aromatic heterocycles. The van der Waals surface area contributed by atoms with Crippen molar-refractivity contribution in [3.05, 3.63) is 0 Å². The quantitative estimate of drug-likeness (QED) is 0.648. The molecule has 0 saturated heterocycles. The first-order chi connectivity index (χ1) is 8.13. The molecule has 0 unspecified atom stereocenters. The van der Waals surface area contributed by atoms with Gasteiger partial charge in [0.25, 0.3) is 0 Å². The first-order valence-corrected chi connectivity index (χ1v) is 6.50. The topological polar surface area (TPSA) is 98.7 Å². The zero-order valence-corrected chi connectivity index (χ0v) is 10.9. The van der Waals surface area contributed by atoms with Gasteiger partial charge in [-0.3, -0.25) is 4.79 Å². The molecule has 1 heterocycles. The van der Waals surface area contributed by atoms with E-state index in [2.05, 4.69) is 20.8 Å². The number of carbonyl (C=O) groups excluding carboxylic acids is 1. The van der Waals surface area contributed by atoms with E-state index >= 15 is 0 Å². The number of tetrazole rings is 1. The van der Waals surface area contributed by atoms with Gasteiger partial charge in [0.1, 0.15) is 0 Å². The van der Waals surface area contributed by atoms with Gasteiger partial charge in [-0.15, -0.1) is 5.10 Å². The summed E-state index contributed by atoms with van der Waals surface area (Å²) in [7, 11) is 0. The van der Waals surface area contributed by atoms with Gasteiger partial charge < -0.3 is 11.1 Å². The molecule has 0 aliphatic carbocycles. The molecule has 1 aromatic rings. The van der Waals surface area contributed by atoms with E-state index in [1.807, 2.05) is 13.8 Å². The fraction of sp³-hybridized carbons (Fsp3) is 0.778. The van der Waals surface area contributed by atoms with Gasteiger partial charge in [0.15, 0.2) is 0 Å². The molecule has 96 valence electrons. The normalized spacial score (nSPS) is 10.8. The van der Waals surface area contributed by atoms with E-state index in [0.29, 0.717) is 30.4 Å². The van der Waals surface area contributed by atoms with Gasteiger partial charge in [0.05, 0.1) is 6.54 Å². The Balaban J connectivity index is 2.30. The summed E-state index contributed by atoms with van der Waals surface area (Å²) >= 11 is 1.46. The molecule has 8 heteroatoms. The van der Waals surface area contributed by atoms with E-state index in [9.17, 15) is 4.79 Å². The number of thioether (sulfide) groups is 1. The average molecular weight is 258 g/mol. The number of nitrogens with one attached hydrogen (secondary N) is 1. The summed E-state index contributed by atoms with van der Waals surface area (Å²) in [6.07, 6.45) is 0.457. The standard InChI is InChI=1S/C9H18N6OS/c1-7(2)11-8(16)3-6-17-9-12-13-14-15(9)5-4-10/h7H,3-6,10H2,1-2H3,(H,11,16). The van der Waals surface area contributed by atoms with Crippen LogP contribution >= 0.6 is 11.8 Å². The van der Waals surface area contributed by atoms with Crippen LogP contribution in [0.4, 0.5) is 0 Å². The fourth-order valence-electron chi connectivity index (χ4n) is 1.19. The predicted molar refractivity (Wildman–Crippen MR) is 65.5 cm³/mol. The zero-order valence-electron chi connectivity index (χ0n) is 10.1. The van der Waals surface area contributed by atoms with Gasteiger partial charge in [0, 0.05) is 24.8 Å². The SMILES string of the molecule is CC(C)NC(=O)CCSc1nnnn1CCN. The third-order valence-electron chi connectivity index (χ3n) is 1.85. The number of amides is 1. The number of hydrogen-bond donors (Lipinski definition) is 2. The van der Waals surface area contributed by atoms with Crippen molar-refractivity contribution in [1.29, 1.82) is 0 Å². The molecule has 17 heavy (non-hydrogen) atoms. The second-order valence-corrected chi connectivity index (χ2v) is 4.86. The highest BCUT2D eigenvalue weighted by atomic mass is 32.2. The molecule has 0 aliphatic rings. The number of aromatic nitrogens is 4. The Morgan fingerprint density at radius 3 is 3.00 bits per heavy atom. The van der Waals surface area contributed by atoms with Gasteiger partial charge in [-0.2, -0.15) is 0 Å². The monoisotopic (exact) mass is 258 g/mol. The molecule has 0 spiro atoms. The minimum absolute atomic E-state index is 0.0466. The zero-order chi connectivity index (χ0) is 12.7. The molecule has 0 saturated carbocycles. The van der Waals surface area contributed by atoms with Crippen molar-refractivity contribution in [1.82, 2.24) is 25.5 Å². The summed E-state index contributed by atoms with van der Waals surface area (Å²) in [5, 5.41) is 14.8. The highest BCUT2D eigenvalue weighted by molar-refractivity contribution is 7.99. The van der Waals surface area contributed by atoms with Crippen molar-refractivity contribution in [3.8, 4) is 0 Å². The summed E-state index contributed by atoms with van der Waals surface area (Å²) in [6.45, 7) is 4.96. The summed E-state index contributed by atoms with van der Waals surface area (Å²) in [6, 6.07) is 0.176. The molecule has 0 radical (unpaired) electrons.